The second-order valence-electron chi connectivity index (χ2n) is 4.18. The highest BCUT2D eigenvalue weighted by molar-refractivity contribution is 6.05. The molecular weight excluding hydrogens is 294 g/mol. The van der Waals surface area contributed by atoms with Crippen LogP contribution in [-0.4, -0.2) is 25.7 Å². The molecule has 0 unspecified atom stereocenters. The maximum Gasteiger partial charge on any atom is 0.279 e. The van der Waals surface area contributed by atoms with Crippen LogP contribution in [0.4, 0.5) is 17.3 Å². The van der Waals surface area contributed by atoms with Crippen LogP contribution in [-0.2, 0) is 0 Å². The van der Waals surface area contributed by atoms with Gasteiger partial charge in [0, 0.05) is 24.0 Å². The molecule has 0 saturated carbocycles. The molecule has 0 aliphatic rings. The quantitative estimate of drug-likeness (QED) is 0.670. The summed E-state index contributed by atoms with van der Waals surface area (Å²) >= 11 is 0. The van der Waals surface area contributed by atoms with Gasteiger partial charge in [0.05, 0.1) is 21.5 Å². The molecule has 22 heavy (non-hydrogen) atoms. The summed E-state index contributed by atoms with van der Waals surface area (Å²) in [5, 5.41) is 24.1. The summed E-state index contributed by atoms with van der Waals surface area (Å²) in [6.07, 6.45) is 2.79. The Balaban J connectivity index is 2.47. The van der Waals surface area contributed by atoms with E-state index in [1.807, 2.05) is 0 Å². The third kappa shape index (κ3) is 3.00. The van der Waals surface area contributed by atoms with Crippen LogP contribution in [0.1, 0.15) is 15.9 Å². The van der Waals surface area contributed by atoms with Crippen molar-refractivity contribution in [3.05, 3.63) is 61.9 Å². The van der Waals surface area contributed by atoms with Crippen LogP contribution in [0.5, 0.6) is 0 Å². The van der Waals surface area contributed by atoms with Gasteiger partial charge in [0.1, 0.15) is 0 Å². The monoisotopic (exact) mass is 303 g/mol. The second kappa shape index (κ2) is 5.91. The van der Waals surface area contributed by atoms with E-state index >= 15 is 0 Å². The van der Waals surface area contributed by atoms with Crippen LogP contribution in [0.3, 0.4) is 0 Å². The number of carbonyl (C=O) groups excluding carboxylic acids is 1. The summed E-state index contributed by atoms with van der Waals surface area (Å²) in [5.74, 6) is -0.781. The third-order valence-electron chi connectivity index (χ3n) is 2.81. The van der Waals surface area contributed by atoms with Crippen molar-refractivity contribution in [3.8, 4) is 0 Å². The van der Waals surface area contributed by atoms with Gasteiger partial charge in [0.2, 0.25) is 5.95 Å². The summed E-state index contributed by atoms with van der Waals surface area (Å²) in [6.45, 7) is 1.34. The molecule has 2 aromatic rings. The number of hydrogen-bond donors (Lipinski definition) is 1. The zero-order chi connectivity index (χ0) is 16.3. The molecule has 1 aromatic heterocycles. The molecule has 2 rings (SSSR count). The lowest BCUT2D eigenvalue weighted by Crippen LogP contribution is -2.16. The molecule has 0 saturated heterocycles. The van der Waals surface area contributed by atoms with E-state index in [9.17, 15) is 25.0 Å². The van der Waals surface area contributed by atoms with Crippen molar-refractivity contribution in [2.24, 2.45) is 0 Å². The molecule has 1 N–H and O–H groups in total. The highest BCUT2D eigenvalue weighted by Crippen LogP contribution is 2.28. The van der Waals surface area contributed by atoms with Crippen molar-refractivity contribution in [2.75, 3.05) is 5.32 Å². The maximum atomic E-state index is 12.1. The number of rotatable bonds is 4. The molecule has 0 fully saturated rings. The summed E-state index contributed by atoms with van der Waals surface area (Å²) < 4.78 is 0. The van der Waals surface area contributed by atoms with Crippen LogP contribution in [0.15, 0.2) is 30.6 Å². The zero-order valence-electron chi connectivity index (χ0n) is 11.2. The van der Waals surface area contributed by atoms with Crippen molar-refractivity contribution in [2.45, 2.75) is 6.92 Å². The molecule has 112 valence electrons. The molecule has 0 aliphatic heterocycles. The molecule has 0 atom stereocenters. The van der Waals surface area contributed by atoms with Crippen molar-refractivity contribution >= 4 is 23.2 Å². The minimum Gasteiger partial charge on any atom is -0.290 e. The fraction of sp³-hybridized carbons (Fsp3) is 0.0833. The molecule has 1 amide bonds. The average molecular weight is 303 g/mol. The molecule has 0 radical (unpaired) electrons. The maximum absolute atomic E-state index is 12.1. The van der Waals surface area contributed by atoms with Crippen LogP contribution in [0.2, 0.25) is 0 Å². The topological polar surface area (TPSA) is 141 Å². The van der Waals surface area contributed by atoms with E-state index in [1.165, 1.54) is 19.3 Å². The van der Waals surface area contributed by atoms with E-state index in [0.29, 0.717) is 0 Å². The summed E-state index contributed by atoms with van der Waals surface area (Å²) in [4.78, 5) is 39.9. The van der Waals surface area contributed by atoms with Gasteiger partial charge in [0.15, 0.2) is 0 Å². The number of nitrogens with one attached hydrogen (secondary N) is 1. The Kier molecular flexibility index (Phi) is 4.02. The fourth-order valence-corrected chi connectivity index (χ4v) is 1.75. The van der Waals surface area contributed by atoms with Gasteiger partial charge in [0.25, 0.3) is 17.3 Å². The Morgan fingerprint density at radius 2 is 1.77 bits per heavy atom. The summed E-state index contributed by atoms with van der Waals surface area (Å²) in [7, 11) is 0. The number of nitro groups is 2. The number of non-ortho nitro benzene ring substituents is 1. The van der Waals surface area contributed by atoms with Crippen LogP contribution in [0, 0.1) is 27.2 Å². The standard InChI is InChI=1S/C12H9N5O5/c1-7-9(11(18)15-12-13-3-2-4-14-12)5-8(16(19)20)6-10(7)17(21)22/h2-6H,1H3,(H,13,14,15,18). The van der Waals surface area contributed by atoms with Crippen molar-refractivity contribution in [1.82, 2.24) is 9.97 Å². The highest BCUT2D eigenvalue weighted by atomic mass is 16.6. The van der Waals surface area contributed by atoms with Gasteiger partial charge in [-0.05, 0) is 13.0 Å². The number of hydrogen-bond acceptors (Lipinski definition) is 7. The lowest BCUT2D eigenvalue weighted by atomic mass is 10.0. The number of amides is 1. The Labute approximate surface area is 123 Å². The molecule has 1 heterocycles. The first-order valence-corrected chi connectivity index (χ1v) is 5.92. The van der Waals surface area contributed by atoms with E-state index in [1.54, 1.807) is 6.07 Å². The van der Waals surface area contributed by atoms with Gasteiger partial charge < -0.3 is 0 Å². The minimum absolute atomic E-state index is 0.0129. The first-order chi connectivity index (χ1) is 10.4. The van der Waals surface area contributed by atoms with E-state index < -0.39 is 27.1 Å². The average Bonchev–Trinajstić information content (AvgIpc) is 2.47. The van der Waals surface area contributed by atoms with Crippen molar-refractivity contribution < 1.29 is 14.6 Å². The van der Waals surface area contributed by atoms with Gasteiger partial charge in [-0.1, -0.05) is 0 Å². The van der Waals surface area contributed by atoms with Crippen molar-refractivity contribution in [1.29, 1.82) is 0 Å². The molecular formula is C12H9N5O5. The number of benzene rings is 1. The first-order valence-electron chi connectivity index (χ1n) is 5.92. The first kappa shape index (κ1) is 15.0. The molecule has 1 aromatic carbocycles. The minimum atomic E-state index is -0.803. The van der Waals surface area contributed by atoms with Gasteiger partial charge in [-0.2, -0.15) is 0 Å². The van der Waals surface area contributed by atoms with Crippen LogP contribution < -0.4 is 5.32 Å². The molecule has 10 nitrogen and oxygen atoms in total. The van der Waals surface area contributed by atoms with Gasteiger partial charge >= 0.3 is 0 Å². The molecule has 0 aliphatic carbocycles. The van der Waals surface area contributed by atoms with Crippen molar-refractivity contribution in [3.63, 3.8) is 0 Å². The van der Waals surface area contributed by atoms with Crippen LogP contribution >= 0.6 is 0 Å². The Hall–Kier alpha value is -3.43. The lowest BCUT2D eigenvalue weighted by Gasteiger charge is -2.07. The molecule has 10 heteroatoms. The number of anilines is 1. The smallest absolute Gasteiger partial charge is 0.279 e. The van der Waals surface area contributed by atoms with E-state index in [0.717, 1.165) is 12.1 Å². The van der Waals surface area contributed by atoms with Crippen LogP contribution in [0.25, 0.3) is 0 Å². The third-order valence-corrected chi connectivity index (χ3v) is 2.81. The number of nitro benzene ring substituents is 2. The van der Waals surface area contributed by atoms with Gasteiger partial charge in [-0.15, -0.1) is 0 Å². The molecule has 0 bridgehead atoms. The predicted octanol–water partition coefficient (Wildman–Crippen LogP) is 1.85. The van der Waals surface area contributed by atoms with E-state index in [2.05, 4.69) is 15.3 Å². The summed E-state index contributed by atoms with van der Waals surface area (Å²) in [5.41, 5.74) is -1.22. The SMILES string of the molecule is Cc1c(C(=O)Nc2ncccn2)cc([N+](=O)[O-])cc1[N+](=O)[O-]. The normalized spacial score (nSPS) is 10.0. The summed E-state index contributed by atoms with van der Waals surface area (Å²) in [6, 6.07) is 3.32. The highest BCUT2D eigenvalue weighted by Gasteiger charge is 2.25. The number of carbonyl (C=O) groups is 1. The number of aromatic nitrogens is 2. The molecule has 0 spiro atoms. The Morgan fingerprint density at radius 1 is 1.14 bits per heavy atom. The Morgan fingerprint density at radius 3 is 2.32 bits per heavy atom. The Bertz CT molecular complexity index is 762. The zero-order valence-corrected chi connectivity index (χ0v) is 11.2. The lowest BCUT2D eigenvalue weighted by molar-refractivity contribution is -0.394. The van der Waals surface area contributed by atoms with Gasteiger partial charge in [-0.25, -0.2) is 9.97 Å². The van der Waals surface area contributed by atoms with E-state index in [-0.39, 0.29) is 17.1 Å². The largest absolute Gasteiger partial charge is 0.290 e. The number of nitrogens with zero attached hydrogens (tertiary/aromatic N) is 4. The van der Waals surface area contributed by atoms with Gasteiger partial charge in [-0.3, -0.25) is 30.3 Å². The predicted molar refractivity (Wildman–Crippen MR) is 74.5 cm³/mol. The second-order valence-corrected chi connectivity index (χ2v) is 4.18. The van der Waals surface area contributed by atoms with E-state index in [4.69, 9.17) is 0 Å². The fourth-order valence-electron chi connectivity index (χ4n) is 1.75.